The maximum Gasteiger partial charge on any atom is 0.109 e. The average Bonchev–Trinajstić information content (AvgIpc) is 2.72. The largest absolute Gasteiger partial charge is 0.338 e. The lowest BCUT2D eigenvalue weighted by Gasteiger charge is -2.23. The van der Waals surface area contributed by atoms with Crippen LogP contribution in [0.5, 0.6) is 0 Å². The van der Waals surface area contributed by atoms with E-state index in [1.54, 1.807) is 0 Å². The van der Waals surface area contributed by atoms with Crippen molar-refractivity contribution in [3.63, 3.8) is 0 Å². The first-order valence-corrected chi connectivity index (χ1v) is 6.26. The molecule has 1 aromatic heterocycles. The van der Waals surface area contributed by atoms with Gasteiger partial charge in [0.25, 0.3) is 0 Å². The summed E-state index contributed by atoms with van der Waals surface area (Å²) in [6, 6.07) is 0.676. The molecule has 0 saturated carbocycles. The molecule has 1 aliphatic rings. The molecule has 0 radical (unpaired) electrons. The first-order valence-electron chi connectivity index (χ1n) is 6.26. The second kappa shape index (κ2) is 6.01. The Morgan fingerprint density at radius 1 is 1.56 bits per heavy atom. The van der Waals surface area contributed by atoms with Gasteiger partial charge in [-0.2, -0.15) is 0 Å². The van der Waals surface area contributed by atoms with Crippen LogP contribution in [0.25, 0.3) is 0 Å². The minimum absolute atomic E-state index is 0.676. The summed E-state index contributed by atoms with van der Waals surface area (Å²) in [6.45, 7) is 3.29. The molecule has 0 aliphatic carbocycles. The first kappa shape index (κ1) is 11.6. The van der Waals surface area contributed by atoms with Gasteiger partial charge in [-0.15, -0.1) is 0 Å². The van der Waals surface area contributed by atoms with Gasteiger partial charge in [0.05, 0.1) is 0 Å². The van der Waals surface area contributed by atoms with Crippen molar-refractivity contribution in [2.45, 2.75) is 31.7 Å². The highest BCUT2D eigenvalue weighted by molar-refractivity contribution is 4.91. The van der Waals surface area contributed by atoms with Crippen LogP contribution in [-0.4, -0.2) is 35.2 Å². The Balaban J connectivity index is 1.59. The summed E-state index contributed by atoms with van der Waals surface area (Å²) < 4.78 is 2.08. The monoisotopic (exact) mass is 222 g/mol. The third-order valence-electron chi connectivity index (χ3n) is 3.25. The first-order chi connectivity index (χ1) is 7.86. The van der Waals surface area contributed by atoms with Crippen molar-refractivity contribution in [2.75, 3.05) is 19.6 Å². The van der Waals surface area contributed by atoms with Gasteiger partial charge < -0.3 is 15.2 Å². The molecule has 2 heterocycles. The molecule has 0 amide bonds. The predicted molar refractivity (Wildman–Crippen MR) is 65.4 cm³/mol. The third-order valence-corrected chi connectivity index (χ3v) is 3.25. The van der Waals surface area contributed by atoms with Crippen molar-refractivity contribution in [2.24, 2.45) is 7.05 Å². The zero-order valence-electron chi connectivity index (χ0n) is 10.1. The fourth-order valence-corrected chi connectivity index (χ4v) is 2.21. The molecule has 1 unspecified atom stereocenters. The number of nitrogens with zero attached hydrogens (tertiary/aromatic N) is 2. The minimum atomic E-state index is 0.676. The summed E-state index contributed by atoms with van der Waals surface area (Å²) in [5, 5.41) is 7.05. The Hall–Kier alpha value is -0.870. The molecule has 0 spiro atoms. The van der Waals surface area contributed by atoms with Gasteiger partial charge in [-0.1, -0.05) is 6.42 Å². The van der Waals surface area contributed by atoms with Crippen LogP contribution in [0.3, 0.4) is 0 Å². The van der Waals surface area contributed by atoms with E-state index in [0.29, 0.717) is 6.04 Å². The standard InChI is InChI=1S/C12H22N4/c1-16-9-8-15-12(16)5-7-13-10-11-4-2-3-6-14-11/h8-9,11,13-14H,2-7,10H2,1H3. The topological polar surface area (TPSA) is 41.9 Å². The summed E-state index contributed by atoms with van der Waals surface area (Å²) in [7, 11) is 2.05. The normalized spacial score (nSPS) is 21.2. The number of hydrogen-bond donors (Lipinski definition) is 2. The van der Waals surface area contributed by atoms with Crippen molar-refractivity contribution in [3.8, 4) is 0 Å². The van der Waals surface area contributed by atoms with Crippen molar-refractivity contribution in [1.82, 2.24) is 20.2 Å². The number of imidazole rings is 1. The molecule has 0 aromatic carbocycles. The fraction of sp³-hybridized carbons (Fsp3) is 0.750. The molecule has 1 saturated heterocycles. The molecule has 1 aromatic rings. The average molecular weight is 222 g/mol. The van der Waals surface area contributed by atoms with Crippen molar-refractivity contribution < 1.29 is 0 Å². The molecule has 4 heteroatoms. The van der Waals surface area contributed by atoms with E-state index in [1.807, 2.05) is 19.4 Å². The van der Waals surface area contributed by atoms with Crippen LogP contribution >= 0.6 is 0 Å². The number of nitrogens with one attached hydrogen (secondary N) is 2. The fourth-order valence-electron chi connectivity index (χ4n) is 2.21. The second-order valence-electron chi connectivity index (χ2n) is 4.56. The van der Waals surface area contributed by atoms with Gasteiger partial charge in [-0.3, -0.25) is 0 Å². The van der Waals surface area contributed by atoms with Crippen molar-refractivity contribution >= 4 is 0 Å². The maximum absolute atomic E-state index is 4.31. The summed E-state index contributed by atoms with van der Waals surface area (Å²) in [6.07, 6.45) is 8.89. The Morgan fingerprint density at radius 2 is 2.50 bits per heavy atom. The minimum Gasteiger partial charge on any atom is -0.338 e. The molecular formula is C12H22N4. The lowest BCUT2D eigenvalue weighted by molar-refractivity contribution is 0.384. The summed E-state index contributed by atoms with van der Waals surface area (Å²) >= 11 is 0. The zero-order valence-corrected chi connectivity index (χ0v) is 10.1. The van der Waals surface area contributed by atoms with Crippen LogP contribution in [0.15, 0.2) is 12.4 Å². The van der Waals surface area contributed by atoms with E-state index < -0.39 is 0 Å². The summed E-state index contributed by atoms with van der Waals surface area (Å²) in [4.78, 5) is 4.31. The molecule has 90 valence electrons. The van der Waals surface area contributed by atoms with Crippen LogP contribution in [0, 0.1) is 0 Å². The Morgan fingerprint density at radius 3 is 3.19 bits per heavy atom. The van der Waals surface area contributed by atoms with Crippen LogP contribution in [0.1, 0.15) is 25.1 Å². The van der Waals surface area contributed by atoms with E-state index in [-0.39, 0.29) is 0 Å². The van der Waals surface area contributed by atoms with E-state index >= 15 is 0 Å². The van der Waals surface area contributed by atoms with E-state index in [2.05, 4.69) is 20.2 Å². The SMILES string of the molecule is Cn1ccnc1CCNCC1CCCCN1. The van der Waals surface area contributed by atoms with E-state index in [1.165, 1.54) is 25.8 Å². The Labute approximate surface area is 97.4 Å². The van der Waals surface area contributed by atoms with Gasteiger partial charge in [0.1, 0.15) is 5.82 Å². The van der Waals surface area contributed by atoms with Gasteiger partial charge in [0.2, 0.25) is 0 Å². The highest BCUT2D eigenvalue weighted by Crippen LogP contribution is 2.05. The highest BCUT2D eigenvalue weighted by atomic mass is 15.0. The van der Waals surface area contributed by atoms with Crippen LogP contribution < -0.4 is 10.6 Å². The van der Waals surface area contributed by atoms with Gasteiger partial charge in [0.15, 0.2) is 0 Å². The molecule has 1 atom stereocenters. The molecule has 0 bridgehead atoms. The molecule has 2 N–H and O–H groups in total. The van der Waals surface area contributed by atoms with Gasteiger partial charge in [-0.05, 0) is 19.4 Å². The molecule has 1 fully saturated rings. The number of rotatable bonds is 5. The summed E-state index contributed by atoms with van der Waals surface area (Å²) in [5.74, 6) is 1.16. The number of piperidine rings is 1. The van der Waals surface area contributed by atoms with E-state index in [9.17, 15) is 0 Å². The van der Waals surface area contributed by atoms with Gasteiger partial charge in [0, 0.05) is 45.0 Å². The van der Waals surface area contributed by atoms with Crippen LogP contribution in [0.4, 0.5) is 0 Å². The van der Waals surface area contributed by atoms with Crippen molar-refractivity contribution in [3.05, 3.63) is 18.2 Å². The lowest BCUT2D eigenvalue weighted by atomic mass is 10.1. The number of aromatic nitrogens is 2. The smallest absolute Gasteiger partial charge is 0.109 e. The number of aryl methyl sites for hydroxylation is 1. The molecule has 1 aliphatic heterocycles. The molecule has 2 rings (SSSR count). The maximum atomic E-state index is 4.31. The van der Waals surface area contributed by atoms with Gasteiger partial charge >= 0.3 is 0 Å². The van der Waals surface area contributed by atoms with E-state index in [0.717, 1.165) is 25.3 Å². The Bertz CT molecular complexity index is 302. The van der Waals surface area contributed by atoms with E-state index in [4.69, 9.17) is 0 Å². The second-order valence-corrected chi connectivity index (χ2v) is 4.56. The predicted octanol–water partition coefficient (Wildman–Crippen LogP) is 0.694. The third kappa shape index (κ3) is 3.32. The molecular weight excluding hydrogens is 200 g/mol. The van der Waals surface area contributed by atoms with Crippen LogP contribution in [0.2, 0.25) is 0 Å². The Kier molecular flexibility index (Phi) is 4.36. The van der Waals surface area contributed by atoms with Crippen LogP contribution in [-0.2, 0) is 13.5 Å². The van der Waals surface area contributed by atoms with Gasteiger partial charge in [-0.25, -0.2) is 4.98 Å². The lowest BCUT2D eigenvalue weighted by Crippen LogP contribution is -2.42. The summed E-state index contributed by atoms with van der Waals surface area (Å²) in [5.41, 5.74) is 0. The zero-order chi connectivity index (χ0) is 11.2. The van der Waals surface area contributed by atoms with Crippen molar-refractivity contribution in [1.29, 1.82) is 0 Å². The highest BCUT2D eigenvalue weighted by Gasteiger charge is 2.11. The molecule has 4 nitrogen and oxygen atoms in total. The number of hydrogen-bond acceptors (Lipinski definition) is 3. The quantitative estimate of drug-likeness (QED) is 0.720. The molecule has 16 heavy (non-hydrogen) atoms.